The van der Waals surface area contributed by atoms with Crippen LogP contribution in [0.1, 0.15) is 44.6 Å². The first-order chi connectivity index (χ1) is 10.9. The van der Waals surface area contributed by atoms with E-state index in [1.807, 2.05) is 6.07 Å². The maximum atomic E-state index is 11.9. The van der Waals surface area contributed by atoms with Gasteiger partial charge in [0.05, 0.1) is 6.61 Å². The van der Waals surface area contributed by atoms with Crippen molar-refractivity contribution in [2.24, 2.45) is 5.92 Å². The van der Waals surface area contributed by atoms with Crippen LogP contribution in [0.5, 0.6) is 17.2 Å². The highest BCUT2D eigenvalue weighted by Crippen LogP contribution is 2.54. The Labute approximate surface area is 136 Å². The molecule has 1 aromatic rings. The number of Topliss-reactive ketones (excluding diaryl/α,β-unsaturated/α-hetero) is 1. The highest BCUT2D eigenvalue weighted by molar-refractivity contribution is 5.81. The fourth-order valence-electron chi connectivity index (χ4n) is 3.87. The van der Waals surface area contributed by atoms with E-state index in [2.05, 4.69) is 13.8 Å². The van der Waals surface area contributed by atoms with Gasteiger partial charge in [0, 0.05) is 49.5 Å². The van der Waals surface area contributed by atoms with E-state index in [0.717, 1.165) is 12.0 Å². The second-order valence-electron chi connectivity index (χ2n) is 6.90. The number of benzene rings is 1. The van der Waals surface area contributed by atoms with Gasteiger partial charge in [-0.2, -0.15) is 0 Å². The van der Waals surface area contributed by atoms with E-state index < -0.39 is 0 Å². The lowest BCUT2D eigenvalue weighted by molar-refractivity contribution is -0.124. The number of aromatic hydroxyl groups is 1. The molecule has 1 fully saturated rings. The Balaban J connectivity index is 1.96. The number of phenols is 1. The molecule has 1 aromatic carbocycles. The summed E-state index contributed by atoms with van der Waals surface area (Å²) in [6.07, 6.45) is 1.88. The van der Waals surface area contributed by atoms with E-state index in [1.165, 1.54) is 0 Å². The molecule has 0 saturated heterocycles. The summed E-state index contributed by atoms with van der Waals surface area (Å²) in [5.41, 5.74) is 0.386. The average Bonchev–Trinajstić information content (AvgIpc) is 2.46. The first kappa shape index (κ1) is 16.1. The maximum Gasteiger partial charge on any atom is 0.133 e. The molecule has 23 heavy (non-hydrogen) atoms. The number of carbonyl (C=O) groups excluding carboxylic acids is 1. The monoisotopic (exact) mass is 320 g/mol. The predicted molar refractivity (Wildman–Crippen MR) is 85.3 cm³/mol. The number of ketones is 1. The van der Waals surface area contributed by atoms with Gasteiger partial charge in [-0.3, -0.25) is 4.79 Å². The Bertz CT molecular complexity index is 608. The van der Waals surface area contributed by atoms with Crippen LogP contribution in [0.2, 0.25) is 0 Å². The van der Waals surface area contributed by atoms with Crippen molar-refractivity contribution in [1.29, 1.82) is 0 Å². The number of methoxy groups -OCH3 is 1. The molecule has 1 aliphatic carbocycles. The summed E-state index contributed by atoms with van der Waals surface area (Å²) in [6.45, 7) is 4.99. The smallest absolute Gasteiger partial charge is 0.133 e. The number of phenolic OH excluding ortho intramolecular Hbond substituents is 1. The fraction of sp³-hybridized carbons (Fsp3) is 0.611. The first-order valence-corrected chi connectivity index (χ1v) is 8.11. The SMILES string of the molecule is COCCOc1cc(O)c2c(c1)OC(C)(C)[C@@H]1CCC(=O)C[C@@H]21. The van der Waals surface area contributed by atoms with E-state index >= 15 is 0 Å². The van der Waals surface area contributed by atoms with Crippen LogP contribution in [-0.4, -0.2) is 36.8 Å². The van der Waals surface area contributed by atoms with Crippen LogP contribution in [0.15, 0.2) is 12.1 Å². The summed E-state index contributed by atoms with van der Waals surface area (Å²) in [7, 11) is 1.61. The van der Waals surface area contributed by atoms with Gasteiger partial charge < -0.3 is 19.3 Å². The summed E-state index contributed by atoms with van der Waals surface area (Å²) >= 11 is 0. The molecule has 1 N–H and O–H groups in total. The second-order valence-corrected chi connectivity index (χ2v) is 6.90. The predicted octanol–water partition coefficient (Wildman–Crippen LogP) is 3.04. The minimum atomic E-state index is -0.365. The molecule has 0 unspecified atom stereocenters. The zero-order valence-electron chi connectivity index (χ0n) is 13.9. The first-order valence-electron chi connectivity index (χ1n) is 8.11. The van der Waals surface area contributed by atoms with Crippen molar-refractivity contribution in [1.82, 2.24) is 0 Å². The van der Waals surface area contributed by atoms with E-state index in [0.29, 0.717) is 37.6 Å². The topological polar surface area (TPSA) is 65.0 Å². The van der Waals surface area contributed by atoms with Crippen LogP contribution in [0.25, 0.3) is 0 Å². The number of fused-ring (bicyclic) bond motifs is 3. The molecule has 1 saturated carbocycles. The Hall–Kier alpha value is -1.75. The molecule has 2 aliphatic rings. The third kappa shape index (κ3) is 3.02. The molecule has 5 heteroatoms. The van der Waals surface area contributed by atoms with Gasteiger partial charge in [-0.1, -0.05) is 0 Å². The summed E-state index contributed by atoms with van der Waals surface area (Å²) in [5, 5.41) is 10.5. The van der Waals surface area contributed by atoms with Gasteiger partial charge in [0.25, 0.3) is 0 Å². The van der Waals surface area contributed by atoms with Crippen molar-refractivity contribution in [3.8, 4) is 17.2 Å². The maximum absolute atomic E-state index is 11.9. The van der Waals surface area contributed by atoms with Crippen LogP contribution in [-0.2, 0) is 9.53 Å². The Kier molecular flexibility index (Phi) is 4.23. The number of rotatable bonds is 4. The van der Waals surface area contributed by atoms with Gasteiger partial charge in [0.15, 0.2) is 0 Å². The summed E-state index contributed by atoms with van der Waals surface area (Å²) < 4.78 is 16.7. The van der Waals surface area contributed by atoms with Crippen molar-refractivity contribution in [2.45, 2.75) is 44.6 Å². The molecule has 0 spiro atoms. The largest absolute Gasteiger partial charge is 0.507 e. The summed E-state index contributed by atoms with van der Waals surface area (Å²) in [6, 6.07) is 3.41. The molecule has 0 aromatic heterocycles. The van der Waals surface area contributed by atoms with Crippen LogP contribution in [0.4, 0.5) is 0 Å². The molecule has 1 aliphatic heterocycles. The van der Waals surface area contributed by atoms with Crippen LogP contribution in [0, 0.1) is 5.92 Å². The van der Waals surface area contributed by atoms with E-state index in [9.17, 15) is 9.90 Å². The molecular weight excluding hydrogens is 296 g/mol. The van der Waals surface area contributed by atoms with Crippen molar-refractivity contribution in [2.75, 3.05) is 20.3 Å². The van der Waals surface area contributed by atoms with Gasteiger partial charge in [-0.15, -0.1) is 0 Å². The van der Waals surface area contributed by atoms with Crippen molar-refractivity contribution < 1.29 is 24.1 Å². The van der Waals surface area contributed by atoms with E-state index in [4.69, 9.17) is 14.2 Å². The Morgan fingerprint density at radius 2 is 2.13 bits per heavy atom. The second kappa shape index (κ2) is 6.04. The fourth-order valence-corrected chi connectivity index (χ4v) is 3.87. The summed E-state index contributed by atoms with van der Waals surface area (Å²) in [5.74, 6) is 1.83. The quantitative estimate of drug-likeness (QED) is 0.864. The van der Waals surface area contributed by atoms with Crippen LogP contribution < -0.4 is 9.47 Å². The van der Waals surface area contributed by atoms with Crippen molar-refractivity contribution in [3.05, 3.63) is 17.7 Å². The number of carbonyl (C=O) groups is 1. The molecule has 2 atom stereocenters. The van der Waals surface area contributed by atoms with Gasteiger partial charge in [0.1, 0.15) is 35.2 Å². The molecule has 0 radical (unpaired) electrons. The number of hydrogen-bond acceptors (Lipinski definition) is 5. The average molecular weight is 320 g/mol. The highest BCUT2D eigenvalue weighted by atomic mass is 16.5. The van der Waals surface area contributed by atoms with Crippen molar-refractivity contribution in [3.63, 3.8) is 0 Å². The van der Waals surface area contributed by atoms with Crippen molar-refractivity contribution >= 4 is 5.78 Å². The minimum Gasteiger partial charge on any atom is -0.507 e. The lowest BCUT2D eigenvalue weighted by Gasteiger charge is -2.47. The molecule has 0 bridgehead atoms. The molecule has 1 heterocycles. The number of hydrogen-bond donors (Lipinski definition) is 1. The Morgan fingerprint density at radius 1 is 1.35 bits per heavy atom. The minimum absolute atomic E-state index is 0.0167. The molecule has 0 amide bonds. The van der Waals surface area contributed by atoms with Gasteiger partial charge in [-0.05, 0) is 20.3 Å². The van der Waals surface area contributed by atoms with Gasteiger partial charge >= 0.3 is 0 Å². The Morgan fingerprint density at radius 3 is 2.87 bits per heavy atom. The highest BCUT2D eigenvalue weighted by Gasteiger charge is 2.47. The molecular formula is C18H24O5. The lowest BCUT2D eigenvalue weighted by atomic mass is 9.66. The van der Waals surface area contributed by atoms with E-state index in [1.54, 1.807) is 13.2 Å². The summed E-state index contributed by atoms with van der Waals surface area (Å²) in [4.78, 5) is 11.9. The zero-order valence-corrected chi connectivity index (χ0v) is 13.9. The van der Waals surface area contributed by atoms with Crippen LogP contribution in [0.3, 0.4) is 0 Å². The third-order valence-corrected chi connectivity index (χ3v) is 4.95. The standard InChI is InChI=1S/C18H24O5/c1-18(2)14-5-4-11(19)8-13(14)17-15(20)9-12(10-16(17)23-18)22-7-6-21-3/h9-10,13-14,20H,4-8H2,1-3H3/t13-,14-/m1/s1. The normalized spacial score (nSPS) is 25.3. The lowest BCUT2D eigenvalue weighted by Crippen LogP contribution is -2.47. The zero-order chi connectivity index (χ0) is 16.6. The van der Waals surface area contributed by atoms with Gasteiger partial charge in [0.2, 0.25) is 0 Å². The number of ether oxygens (including phenoxy) is 3. The van der Waals surface area contributed by atoms with E-state index in [-0.39, 0.29) is 29.0 Å². The molecule has 5 nitrogen and oxygen atoms in total. The van der Waals surface area contributed by atoms with Gasteiger partial charge in [-0.25, -0.2) is 0 Å². The third-order valence-electron chi connectivity index (χ3n) is 4.95. The van der Waals surface area contributed by atoms with Crippen LogP contribution >= 0.6 is 0 Å². The molecule has 126 valence electrons. The molecule has 3 rings (SSSR count).